The van der Waals surface area contributed by atoms with Gasteiger partial charge in [0, 0.05) is 35.1 Å². The van der Waals surface area contributed by atoms with Gasteiger partial charge in [-0.05, 0) is 12.1 Å². The molecular formula is C20H22Cl2N6O2. The number of imidazole rings is 1. The number of hydrogen-bond donors (Lipinski definition) is 0. The van der Waals surface area contributed by atoms with Gasteiger partial charge in [0.1, 0.15) is 0 Å². The molecule has 158 valence electrons. The first-order valence-corrected chi connectivity index (χ1v) is 10.2. The van der Waals surface area contributed by atoms with E-state index in [1.165, 1.54) is 11.6 Å². The predicted octanol–water partition coefficient (Wildman–Crippen LogP) is 3.16. The van der Waals surface area contributed by atoms with E-state index < -0.39 is 11.2 Å². The minimum atomic E-state index is -0.430. The molecule has 1 aliphatic heterocycles. The molecule has 10 heteroatoms. The fourth-order valence-corrected chi connectivity index (χ4v) is 4.00. The Kier molecular flexibility index (Phi) is 4.82. The first-order valence-electron chi connectivity index (χ1n) is 9.45. The maximum Gasteiger partial charge on any atom is 0.332 e. The zero-order valence-electron chi connectivity index (χ0n) is 17.4. The van der Waals surface area contributed by atoms with Crippen molar-refractivity contribution in [2.45, 2.75) is 33.9 Å². The summed E-state index contributed by atoms with van der Waals surface area (Å²) in [7, 11) is 3.07. The second-order valence-corrected chi connectivity index (χ2v) is 9.24. The Bertz CT molecular complexity index is 1310. The highest BCUT2D eigenvalue weighted by atomic mass is 35.5. The summed E-state index contributed by atoms with van der Waals surface area (Å²) in [5.74, 6) is 0.465. The van der Waals surface area contributed by atoms with Crippen molar-refractivity contribution in [3.63, 3.8) is 0 Å². The summed E-state index contributed by atoms with van der Waals surface area (Å²) in [5.41, 5.74) is 1.19. The van der Waals surface area contributed by atoms with E-state index in [0.29, 0.717) is 39.3 Å². The zero-order valence-corrected chi connectivity index (χ0v) is 18.9. The SMILES string of the molecule is Cn1c(=O)c2c(nc3n2CC(C(C)(C)C)=NN3Cc2c(Cl)cccc2Cl)n(C)c1=O. The van der Waals surface area contributed by atoms with Crippen molar-refractivity contribution >= 4 is 46.0 Å². The van der Waals surface area contributed by atoms with Gasteiger partial charge in [0.15, 0.2) is 11.2 Å². The minimum Gasteiger partial charge on any atom is -0.297 e. The number of halogens is 2. The molecule has 0 N–H and O–H groups in total. The lowest BCUT2D eigenvalue weighted by Crippen LogP contribution is -2.39. The Hall–Kier alpha value is -2.58. The average Bonchev–Trinajstić information content (AvgIpc) is 3.06. The van der Waals surface area contributed by atoms with Gasteiger partial charge >= 0.3 is 5.69 Å². The van der Waals surface area contributed by atoms with Crippen LogP contribution >= 0.6 is 23.2 Å². The van der Waals surface area contributed by atoms with E-state index in [9.17, 15) is 9.59 Å². The van der Waals surface area contributed by atoms with Crippen molar-refractivity contribution in [1.82, 2.24) is 18.7 Å². The molecule has 0 aliphatic carbocycles. The van der Waals surface area contributed by atoms with Crippen LogP contribution in [-0.4, -0.2) is 24.4 Å². The molecule has 3 aromatic rings. The van der Waals surface area contributed by atoms with Gasteiger partial charge in [-0.1, -0.05) is 50.0 Å². The monoisotopic (exact) mass is 448 g/mol. The van der Waals surface area contributed by atoms with E-state index in [1.807, 2.05) is 4.57 Å². The molecule has 0 bridgehead atoms. The highest BCUT2D eigenvalue weighted by Gasteiger charge is 2.32. The number of aromatic nitrogens is 4. The molecule has 30 heavy (non-hydrogen) atoms. The van der Waals surface area contributed by atoms with E-state index in [-0.39, 0.29) is 12.0 Å². The third-order valence-corrected chi connectivity index (χ3v) is 6.05. The van der Waals surface area contributed by atoms with Gasteiger partial charge in [0.05, 0.1) is 18.8 Å². The molecule has 0 radical (unpaired) electrons. The molecule has 8 nitrogen and oxygen atoms in total. The summed E-state index contributed by atoms with van der Waals surface area (Å²) in [6, 6.07) is 5.32. The molecular weight excluding hydrogens is 427 g/mol. The Morgan fingerprint density at radius 2 is 1.70 bits per heavy atom. The predicted molar refractivity (Wildman–Crippen MR) is 120 cm³/mol. The number of aryl methyl sites for hydroxylation is 1. The molecule has 3 heterocycles. The maximum absolute atomic E-state index is 13.0. The molecule has 0 saturated carbocycles. The first kappa shape index (κ1) is 20.7. The van der Waals surface area contributed by atoms with Gasteiger partial charge in [0.25, 0.3) is 5.56 Å². The normalized spacial score (nSPS) is 14.2. The van der Waals surface area contributed by atoms with Gasteiger partial charge in [0.2, 0.25) is 5.95 Å². The number of rotatable bonds is 2. The molecule has 0 amide bonds. The van der Waals surface area contributed by atoms with Gasteiger partial charge in [-0.2, -0.15) is 10.1 Å². The van der Waals surface area contributed by atoms with Crippen LogP contribution in [0.2, 0.25) is 10.0 Å². The Morgan fingerprint density at radius 3 is 2.30 bits per heavy atom. The van der Waals surface area contributed by atoms with Crippen LogP contribution in [0.5, 0.6) is 0 Å². The molecule has 1 aromatic carbocycles. The Balaban J connectivity index is 1.99. The molecule has 0 fully saturated rings. The van der Waals surface area contributed by atoms with E-state index in [4.69, 9.17) is 28.3 Å². The second-order valence-electron chi connectivity index (χ2n) is 8.43. The molecule has 0 saturated heterocycles. The van der Waals surface area contributed by atoms with Crippen LogP contribution in [0.1, 0.15) is 26.3 Å². The number of hydrogen-bond acceptors (Lipinski definition) is 5. The van der Waals surface area contributed by atoms with Crippen molar-refractivity contribution in [1.29, 1.82) is 0 Å². The summed E-state index contributed by atoms with van der Waals surface area (Å²) < 4.78 is 4.28. The van der Waals surface area contributed by atoms with Crippen molar-refractivity contribution < 1.29 is 0 Å². The highest BCUT2D eigenvalue weighted by molar-refractivity contribution is 6.36. The maximum atomic E-state index is 13.0. The van der Waals surface area contributed by atoms with E-state index in [2.05, 4.69) is 25.8 Å². The Labute approximate surface area is 183 Å². The van der Waals surface area contributed by atoms with Crippen LogP contribution in [0.3, 0.4) is 0 Å². The third-order valence-electron chi connectivity index (χ3n) is 5.34. The van der Waals surface area contributed by atoms with Crippen LogP contribution in [0.15, 0.2) is 32.9 Å². The molecule has 0 spiro atoms. The van der Waals surface area contributed by atoms with Gasteiger partial charge in [-0.15, -0.1) is 0 Å². The van der Waals surface area contributed by atoms with Crippen molar-refractivity contribution in [3.8, 4) is 0 Å². The van der Waals surface area contributed by atoms with Gasteiger partial charge < -0.3 is 0 Å². The van der Waals surface area contributed by atoms with E-state index in [1.54, 1.807) is 30.3 Å². The van der Waals surface area contributed by atoms with Crippen molar-refractivity contribution in [2.75, 3.05) is 5.01 Å². The molecule has 0 unspecified atom stereocenters. The van der Waals surface area contributed by atoms with Gasteiger partial charge in [-0.25, -0.2) is 9.80 Å². The summed E-state index contributed by atoms with van der Waals surface area (Å²) in [5, 5.41) is 7.56. The van der Waals surface area contributed by atoms with Crippen molar-refractivity contribution in [3.05, 3.63) is 54.6 Å². The number of fused-ring (bicyclic) bond motifs is 3. The first-order chi connectivity index (χ1) is 14.0. The van der Waals surface area contributed by atoms with Crippen LogP contribution in [0.4, 0.5) is 5.95 Å². The number of benzene rings is 1. The highest BCUT2D eigenvalue weighted by Crippen LogP contribution is 2.32. The fourth-order valence-electron chi connectivity index (χ4n) is 3.48. The molecule has 1 aliphatic rings. The largest absolute Gasteiger partial charge is 0.332 e. The second kappa shape index (κ2) is 6.99. The van der Waals surface area contributed by atoms with Crippen LogP contribution in [0.25, 0.3) is 11.2 Å². The van der Waals surface area contributed by atoms with Crippen LogP contribution < -0.4 is 16.3 Å². The number of anilines is 1. The summed E-state index contributed by atoms with van der Waals surface area (Å²) in [6.45, 7) is 6.85. The molecule has 4 rings (SSSR count). The summed E-state index contributed by atoms with van der Waals surface area (Å²) >= 11 is 12.8. The standard InChI is InChI=1S/C20H22Cl2N6O2/c1-20(2,3)14-10-27-15-16(25(4)19(30)26(5)17(15)29)23-18(27)28(24-14)9-11-12(21)7-6-8-13(11)22/h6-8H,9-10H2,1-5H3. The van der Waals surface area contributed by atoms with Crippen LogP contribution in [0, 0.1) is 5.41 Å². The topological polar surface area (TPSA) is 77.4 Å². The van der Waals surface area contributed by atoms with E-state index >= 15 is 0 Å². The lowest BCUT2D eigenvalue weighted by atomic mass is 9.89. The zero-order chi connectivity index (χ0) is 22.0. The quantitative estimate of drug-likeness (QED) is 0.602. The van der Waals surface area contributed by atoms with E-state index in [0.717, 1.165) is 10.3 Å². The number of nitrogens with zero attached hydrogens (tertiary/aromatic N) is 6. The summed E-state index contributed by atoms with van der Waals surface area (Å²) in [6.07, 6.45) is 0. The fraction of sp³-hybridized carbons (Fsp3) is 0.400. The molecule has 0 atom stereocenters. The third kappa shape index (κ3) is 3.15. The Morgan fingerprint density at radius 1 is 1.07 bits per heavy atom. The lowest BCUT2D eigenvalue weighted by Gasteiger charge is -2.31. The average molecular weight is 449 g/mol. The lowest BCUT2D eigenvalue weighted by molar-refractivity contribution is 0.549. The minimum absolute atomic E-state index is 0.247. The molecule has 2 aromatic heterocycles. The smallest absolute Gasteiger partial charge is 0.297 e. The van der Waals surface area contributed by atoms with Crippen LogP contribution in [-0.2, 0) is 27.2 Å². The summed E-state index contributed by atoms with van der Waals surface area (Å²) in [4.78, 5) is 30.0. The number of hydrazone groups is 1. The van der Waals surface area contributed by atoms with Gasteiger partial charge in [-0.3, -0.25) is 18.5 Å². The van der Waals surface area contributed by atoms with Crippen molar-refractivity contribution in [2.24, 2.45) is 24.6 Å².